The van der Waals surface area contributed by atoms with Crippen molar-refractivity contribution in [3.05, 3.63) is 41.4 Å². The summed E-state index contributed by atoms with van der Waals surface area (Å²) in [6, 6.07) is 4.38. The van der Waals surface area contributed by atoms with E-state index in [-0.39, 0.29) is 12.4 Å². The number of nitrogens with zero attached hydrogens (tertiary/aromatic N) is 2. The van der Waals surface area contributed by atoms with Crippen molar-refractivity contribution in [2.45, 2.75) is 20.1 Å². The van der Waals surface area contributed by atoms with Gasteiger partial charge in [0.25, 0.3) is 5.89 Å². The SMILES string of the molecule is COCCNCc1cc(F)ccc1OCc1nnc(C)o1. The van der Waals surface area contributed by atoms with Crippen LogP contribution in [-0.2, 0) is 17.9 Å². The van der Waals surface area contributed by atoms with Crippen molar-refractivity contribution >= 4 is 0 Å². The van der Waals surface area contributed by atoms with E-state index in [0.29, 0.717) is 37.2 Å². The molecule has 0 aliphatic rings. The van der Waals surface area contributed by atoms with Crippen LogP contribution in [0, 0.1) is 12.7 Å². The second-order valence-corrected chi connectivity index (χ2v) is 4.43. The first-order valence-electron chi connectivity index (χ1n) is 6.59. The fraction of sp³-hybridized carbons (Fsp3) is 0.429. The molecule has 114 valence electrons. The molecule has 0 fully saturated rings. The van der Waals surface area contributed by atoms with Gasteiger partial charge >= 0.3 is 0 Å². The van der Waals surface area contributed by atoms with Crippen molar-refractivity contribution in [3.8, 4) is 5.75 Å². The highest BCUT2D eigenvalue weighted by Gasteiger charge is 2.08. The number of ether oxygens (including phenoxy) is 2. The normalized spacial score (nSPS) is 10.8. The maximum absolute atomic E-state index is 13.3. The summed E-state index contributed by atoms with van der Waals surface area (Å²) in [6.07, 6.45) is 0. The molecule has 0 amide bonds. The Morgan fingerprint density at radius 3 is 2.90 bits per heavy atom. The molecule has 0 unspecified atom stereocenters. The Bertz CT molecular complexity index is 574. The minimum absolute atomic E-state index is 0.150. The largest absolute Gasteiger partial charge is 0.483 e. The predicted octanol–water partition coefficient (Wildman–Crippen LogP) is 1.83. The summed E-state index contributed by atoms with van der Waals surface area (Å²) in [6.45, 7) is 3.61. The van der Waals surface area contributed by atoms with Crippen LogP contribution in [0.3, 0.4) is 0 Å². The molecule has 0 atom stereocenters. The summed E-state index contributed by atoms with van der Waals surface area (Å²) in [4.78, 5) is 0. The summed E-state index contributed by atoms with van der Waals surface area (Å²) >= 11 is 0. The summed E-state index contributed by atoms with van der Waals surface area (Å²) in [5.41, 5.74) is 0.724. The number of hydrogen-bond donors (Lipinski definition) is 1. The van der Waals surface area contributed by atoms with E-state index in [2.05, 4.69) is 15.5 Å². The van der Waals surface area contributed by atoms with Gasteiger partial charge in [0.1, 0.15) is 11.6 Å². The van der Waals surface area contributed by atoms with Crippen LogP contribution in [0.5, 0.6) is 5.75 Å². The van der Waals surface area contributed by atoms with E-state index in [1.807, 2.05) is 0 Å². The topological polar surface area (TPSA) is 69.4 Å². The fourth-order valence-corrected chi connectivity index (χ4v) is 1.76. The third-order valence-electron chi connectivity index (χ3n) is 2.74. The zero-order valence-corrected chi connectivity index (χ0v) is 12.1. The first-order valence-corrected chi connectivity index (χ1v) is 6.59. The molecule has 0 radical (unpaired) electrons. The van der Waals surface area contributed by atoms with Gasteiger partial charge in [-0.05, 0) is 18.2 Å². The van der Waals surface area contributed by atoms with E-state index in [9.17, 15) is 4.39 Å². The Balaban J connectivity index is 1.97. The Morgan fingerprint density at radius 1 is 1.33 bits per heavy atom. The van der Waals surface area contributed by atoms with Crippen LogP contribution in [-0.4, -0.2) is 30.5 Å². The van der Waals surface area contributed by atoms with Gasteiger partial charge in [-0.3, -0.25) is 0 Å². The highest BCUT2D eigenvalue weighted by Crippen LogP contribution is 2.20. The molecule has 0 aliphatic carbocycles. The van der Waals surface area contributed by atoms with E-state index >= 15 is 0 Å². The molecule has 2 aromatic rings. The molecule has 2 rings (SSSR count). The Hall–Kier alpha value is -1.99. The first-order chi connectivity index (χ1) is 10.2. The smallest absolute Gasteiger partial charge is 0.253 e. The Labute approximate surface area is 122 Å². The lowest BCUT2D eigenvalue weighted by Crippen LogP contribution is -2.19. The number of methoxy groups -OCH3 is 1. The highest BCUT2D eigenvalue weighted by atomic mass is 19.1. The molecule has 0 saturated carbocycles. The monoisotopic (exact) mass is 295 g/mol. The molecule has 0 spiro atoms. The van der Waals surface area contributed by atoms with Gasteiger partial charge < -0.3 is 19.2 Å². The first kappa shape index (κ1) is 15.4. The standard InChI is InChI=1S/C14H18FN3O3/c1-10-17-18-14(21-10)9-20-13-4-3-12(15)7-11(13)8-16-5-6-19-2/h3-4,7,16H,5-6,8-9H2,1-2H3. The molecule has 0 aliphatic heterocycles. The molecule has 1 aromatic heterocycles. The summed E-state index contributed by atoms with van der Waals surface area (Å²) in [5, 5.41) is 10.7. The number of rotatable bonds is 8. The number of hydrogen-bond acceptors (Lipinski definition) is 6. The molecule has 1 heterocycles. The maximum Gasteiger partial charge on any atom is 0.253 e. The Kier molecular flexibility index (Phi) is 5.65. The molecule has 0 saturated heterocycles. The van der Waals surface area contributed by atoms with E-state index < -0.39 is 0 Å². The van der Waals surface area contributed by atoms with Crippen molar-refractivity contribution in [1.29, 1.82) is 0 Å². The van der Waals surface area contributed by atoms with Crippen LogP contribution < -0.4 is 10.1 Å². The second kappa shape index (κ2) is 7.70. The number of benzene rings is 1. The highest BCUT2D eigenvalue weighted by molar-refractivity contribution is 5.33. The van der Waals surface area contributed by atoms with E-state index in [1.165, 1.54) is 12.1 Å². The van der Waals surface area contributed by atoms with Gasteiger partial charge in [0, 0.05) is 32.7 Å². The van der Waals surface area contributed by atoms with Crippen LogP contribution in [0.1, 0.15) is 17.3 Å². The van der Waals surface area contributed by atoms with Gasteiger partial charge in [0.15, 0.2) is 6.61 Å². The average Bonchev–Trinajstić information content (AvgIpc) is 2.88. The molecule has 7 heteroatoms. The van der Waals surface area contributed by atoms with Gasteiger partial charge in [-0.1, -0.05) is 0 Å². The molecule has 1 aromatic carbocycles. The number of aryl methyl sites for hydroxylation is 1. The third kappa shape index (κ3) is 4.80. The van der Waals surface area contributed by atoms with Gasteiger partial charge in [0.2, 0.25) is 5.89 Å². The Morgan fingerprint density at radius 2 is 2.19 bits per heavy atom. The van der Waals surface area contributed by atoms with Gasteiger partial charge in [-0.2, -0.15) is 0 Å². The van der Waals surface area contributed by atoms with Crippen molar-refractivity contribution < 1.29 is 18.3 Å². The lowest BCUT2D eigenvalue weighted by molar-refractivity contribution is 0.199. The van der Waals surface area contributed by atoms with E-state index in [4.69, 9.17) is 13.9 Å². The van der Waals surface area contributed by atoms with Gasteiger partial charge in [-0.15, -0.1) is 10.2 Å². The van der Waals surface area contributed by atoms with Crippen LogP contribution in [0.2, 0.25) is 0 Å². The number of aromatic nitrogens is 2. The zero-order valence-electron chi connectivity index (χ0n) is 12.1. The van der Waals surface area contributed by atoms with Crippen LogP contribution in [0.4, 0.5) is 4.39 Å². The van der Waals surface area contributed by atoms with Crippen LogP contribution >= 0.6 is 0 Å². The second-order valence-electron chi connectivity index (χ2n) is 4.43. The molecule has 21 heavy (non-hydrogen) atoms. The van der Waals surface area contributed by atoms with Crippen LogP contribution in [0.25, 0.3) is 0 Å². The zero-order chi connectivity index (χ0) is 15.1. The maximum atomic E-state index is 13.3. The quantitative estimate of drug-likeness (QED) is 0.749. The molecule has 6 nitrogen and oxygen atoms in total. The lowest BCUT2D eigenvalue weighted by atomic mass is 10.2. The third-order valence-corrected chi connectivity index (χ3v) is 2.74. The van der Waals surface area contributed by atoms with Crippen molar-refractivity contribution in [2.75, 3.05) is 20.3 Å². The summed E-state index contributed by atoms with van der Waals surface area (Å²) in [5.74, 6) is 1.14. The van der Waals surface area contributed by atoms with Crippen molar-refractivity contribution in [3.63, 3.8) is 0 Å². The lowest BCUT2D eigenvalue weighted by Gasteiger charge is -2.11. The molecule has 1 N–H and O–H groups in total. The summed E-state index contributed by atoms with van der Waals surface area (Å²) in [7, 11) is 1.63. The predicted molar refractivity (Wildman–Crippen MR) is 73.3 cm³/mol. The van der Waals surface area contributed by atoms with E-state index in [1.54, 1.807) is 20.1 Å². The van der Waals surface area contributed by atoms with Crippen LogP contribution in [0.15, 0.2) is 22.6 Å². The molecular weight excluding hydrogens is 277 g/mol. The minimum atomic E-state index is -0.306. The summed E-state index contributed by atoms with van der Waals surface area (Å²) < 4.78 is 29.1. The van der Waals surface area contributed by atoms with Gasteiger partial charge in [-0.25, -0.2) is 4.39 Å². The van der Waals surface area contributed by atoms with Gasteiger partial charge in [0.05, 0.1) is 6.61 Å². The van der Waals surface area contributed by atoms with E-state index in [0.717, 1.165) is 5.56 Å². The molecular formula is C14H18FN3O3. The average molecular weight is 295 g/mol. The van der Waals surface area contributed by atoms with Crippen molar-refractivity contribution in [2.24, 2.45) is 0 Å². The fourth-order valence-electron chi connectivity index (χ4n) is 1.76. The number of halogens is 1. The van der Waals surface area contributed by atoms with Crippen molar-refractivity contribution in [1.82, 2.24) is 15.5 Å². The number of nitrogens with one attached hydrogen (secondary N) is 1. The minimum Gasteiger partial charge on any atom is -0.483 e. The molecule has 0 bridgehead atoms.